The third-order valence-electron chi connectivity index (χ3n) is 8.18. The highest BCUT2D eigenvalue weighted by molar-refractivity contribution is 5.97. The molecule has 6 rings (SSSR count). The minimum Gasteiger partial charge on any atom is -0.351 e. The molecule has 2 heterocycles. The fraction of sp³-hybridized carbons (Fsp3) is 0.324. The zero-order chi connectivity index (χ0) is 28.3. The number of fused-ring (bicyclic) bond motifs is 1. The van der Waals surface area contributed by atoms with Crippen molar-refractivity contribution >= 4 is 22.6 Å². The predicted molar refractivity (Wildman–Crippen MR) is 162 cm³/mol. The number of hydrogen-bond acceptors (Lipinski definition) is 4. The van der Waals surface area contributed by atoms with Crippen molar-refractivity contribution in [2.45, 2.75) is 45.2 Å². The van der Waals surface area contributed by atoms with Crippen LogP contribution in [-0.4, -0.2) is 53.5 Å². The molecule has 0 radical (unpaired) electrons. The largest absolute Gasteiger partial charge is 0.351 e. The highest BCUT2D eigenvalue weighted by atomic mass is 16.2. The topological polar surface area (TPSA) is 83.4 Å². The highest BCUT2D eigenvalue weighted by Gasteiger charge is 2.24. The van der Waals surface area contributed by atoms with Gasteiger partial charge in [-0.1, -0.05) is 24.3 Å². The zero-order valence-electron chi connectivity index (χ0n) is 23.5. The van der Waals surface area contributed by atoms with Gasteiger partial charge in [0.15, 0.2) is 0 Å². The number of aromatic nitrogens is 1. The van der Waals surface area contributed by atoms with E-state index in [1.807, 2.05) is 79.9 Å². The molecule has 1 saturated heterocycles. The van der Waals surface area contributed by atoms with Gasteiger partial charge in [0.2, 0.25) is 0 Å². The molecule has 41 heavy (non-hydrogen) atoms. The Morgan fingerprint density at radius 2 is 1.63 bits per heavy atom. The Bertz CT molecular complexity index is 1650. The number of carbonyl (C=O) groups excluding carboxylic acids is 2. The van der Waals surface area contributed by atoms with E-state index in [1.54, 1.807) is 4.57 Å². The fourth-order valence-electron chi connectivity index (χ4n) is 5.54. The summed E-state index contributed by atoms with van der Waals surface area (Å²) in [5.74, 6) is -0.109. The summed E-state index contributed by atoms with van der Waals surface area (Å²) in [5.41, 5.74) is 5.20. The first-order valence-corrected chi connectivity index (χ1v) is 14.6. The molecule has 1 aliphatic heterocycles. The Morgan fingerprint density at radius 3 is 2.39 bits per heavy atom. The molecule has 7 nitrogen and oxygen atoms in total. The number of rotatable bonds is 9. The Labute approximate surface area is 240 Å². The van der Waals surface area contributed by atoms with Crippen LogP contribution in [0.4, 0.5) is 0 Å². The Hall–Kier alpha value is -4.23. The van der Waals surface area contributed by atoms with Crippen molar-refractivity contribution in [2.75, 3.05) is 26.2 Å². The minimum absolute atomic E-state index is 0.0383. The lowest BCUT2D eigenvalue weighted by atomic mass is 9.96. The normalized spacial score (nSPS) is 15.2. The Balaban J connectivity index is 1.14. The number of nitrogens with one attached hydrogen (secondary N) is 2. The summed E-state index contributed by atoms with van der Waals surface area (Å²) in [7, 11) is 0. The van der Waals surface area contributed by atoms with Gasteiger partial charge in [0, 0.05) is 41.8 Å². The van der Waals surface area contributed by atoms with Crippen LogP contribution in [0.5, 0.6) is 0 Å². The summed E-state index contributed by atoms with van der Waals surface area (Å²) in [5, 5.41) is 7.56. The van der Waals surface area contributed by atoms with E-state index in [9.17, 15) is 14.4 Å². The van der Waals surface area contributed by atoms with Crippen LogP contribution in [0.25, 0.3) is 21.9 Å². The second kappa shape index (κ2) is 11.7. The number of nitrogens with zero attached hydrogens (tertiary/aromatic N) is 2. The molecule has 7 heteroatoms. The maximum absolute atomic E-state index is 13.3. The molecule has 2 fully saturated rings. The van der Waals surface area contributed by atoms with Crippen molar-refractivity contribution in [3.05, 3.63) is 106 Å². The SMILES string of the molecule is Cc1ccc(C(=O)NC2CC2)cc1-c1ccc2c(=O)n(Cc3ccc(C(=O)NCCN4CCCC4)cc3)ccc2c1. The van der Waals surface area contributed by atoms with Crippen molar-refractivity contribution in [3.63, 3.8) is 0 Å². The number of pyridine rings is 1. The van der Waals surface area contributed by atoms with Gasteiger partial charge in [-0.2, -0.15) is 0 Å². The van der Waals surface area contributed by atoms with E-state index in [4.69, 9.17) is 0 Å². The van der Waals surface area contributed by atoms with Crippen LogP contribution in [0.3, 0.4) is 0 Å². The fourth-order valence-corrected chi connectivity index (χ4v) is 5.54. The van der Waals surface area contributed by atoms with Gasteiger partial charge in [0.25, 0.3) is 17.4 Å². The predicted octanol–water partition coefficient (Wildman–Crippen LogP) is 4.74. The van der Waals surface area contributed by atoms with Crippen LogP contribution in [0.1, 0.15) is 57.5 Å². The highest BCUT2D eigenvalue weighted by Crippen LogP contribution is 2.28. The average Bonchev–Trinajstić information content (AvgIpc) is 3.65. The third-order valence-corrected chi connectivity index (χ3v) is 8.18. The van der Waals surface area contributed by atoms with Crippen LogP contribution in [0.15, 0.2) is 77.7 Å². The first-order chi connectivity index (χ1) is 19.9. The van der Waals surface area contributed by atoms with Gasteiger partial charge in [-0.25, -0.2) is 0 Å². The zero-order valence-corrected chi connectivity index (χ0v) is 23.5. The minimum atomic E-state index is -0.0706. The lowest BCUT2D eigenvalue weighted by molar-refractivity contribution is 0.0942. The van der Waals surface area contributed by atoms with E-state index in [2.05, 4.69) is 15.5 Å². The van der Waals surface area contributed by atoms with Crippen molar-refractivity contribution in [1.29, 1.82) is 0 Å². The van der Waals surface area contributed by atoms with Crippen LogP contribution >= 0.6 is 0 Å². The molecular formula is C34H36N4O3. The van der Waals surface area contributed by atoms with E-state index in [1.165, 1.54) is 12.8 Å². The van der Waals surface area contributed by atoms with Gasteiger partial charge in [-0.15, -0.1) is 0 Å². The molecule has 3 aromatic carbocycles. The molecule has 0 bridgehead atoms. The smallest absolute Gasteiger partial charge is 0.258 e. The van der Waals surface area contributed by atoms with E-state index in [0.29, 0.717) is 35.6 Å². The number of amides is 2. The molecule has 1 aromatic heterocycles. The second-order valence-electron chi connectivity index (χ2n) is 11.3. The van der Waals surface area contributed by atoms with Crippen molar-refractivity contribution in [1.82, 2.24) is 20.1 Å². The van der Waals surface area contributed by atoms with Gasteiger partial charge < -0.3 is 20.1 Å². The second-order valence-corrected chi connectivity index (χ2v) is 11.3. The Kier molecular flexibility index (Phi) is 7.70. The molecule has 0 atom stereocenters. The number of carbonyl (C=O) groups is 2. The third kappa shape index (κ3) is 6.25. The maximum Gasteiger partial charge on any atom is 0.258 e. The number of hydrogen-bond donors (Lipinski definition) is 2. The number of likely N-dealkylation sites (tertiary alicyclic amines) is 1. The molecule has 2 amide bonds. The van der Waals surface area contributed by atoms with E-state index < -0.39 is 0 Å². The molecule has 2 N–H and O–H groups in total. The van der Waals surface area contributed by atoms with Gasteiger partial charge in [0.05, 0.1) is 6.54 Å². The maximum atomic E-state index is 13.3. The van der Waals surface area contributed by atoms with E-state index >= 15 is 0 Å². The summed E-state index contributed by atoms with van der Waals surface area (Å²) in [6, 6.07) is 21.3. The van der Waals surface area contributed by atoms with Crippen LogP contribution in [0.2, 0.25) is 0 Å². The summed E-state index contributed by atoms with van der Waals surface area (Å²) in [6.45, 7) is 6.23. The standard InChI is InChI=1S/C34H36N4O3/c1-23-4-7-28(33(40)36-29-11-12-29)21-31(23)26-10-13-30-27(20-26)14-18-38(34(30)41)22-24-5-8-25(9-6-24)32(39)35-15-19-37-16-2-3-17-37/h4-10,13-14,18,20-21,29H,2-3,11-12,15-17,19,22H2,1H3,(H,35,39)(H,36,40). The van der Waals surface area contributed by atoms with Gasteiger partial charge in [0.1, 0.15) is 0 Å². The molecule has 0 spiro atoms. The lowest BCUT2D eigenvalue weighted by Crippen LogP contribution is -2.33. The van der Waals surface area contributed by atoms with Crippen LogP contribution in [0, 0.1) is 6.92 Å². The molecule has 1 saturated carbocycles. The summed E-state index contributed by atoms with van der Waals surface area (Å²) >= 11 is 0. The molecule has 210 valence electrons. The summed E-state index contributed by atoms with van der Waals surface area (Å²) in [4.78, 5) is 40.8. The summed E-state index contributed by atoms with van der Waals surface area (Å²) in [6.07, 6.45) is 6.40. The van der Waals surface area contributed by atoms with E-state index in [-0.39, 0.29) is 17.4 Å². The van der Waals surface area contributed by atoms with Gasteiger partial charge >= 0.3 is 0 Å². The molecule has 2 aliphatic rings. The number of aryl methyl sites for hydroxylation is 1. The molecular weight excluding hydrogens is 512 g/mol. The van der Waals surface area contributed by atoms with Crippen molar-refractivity contribution in [3.8, 4) is 11.1 Å². The Morgan fingerprint density at radius 1 is 0.878 bits per heavy atom. The van der Waals surface area contributed by atoms with Crippen molar-refractivity contribution < 1.29 is 9.59 Å². The molecule has 0 unspecified atom stereocenters. The van der Waals surface area contributed by atoms with Gasteiger partial charge in [-0.3, -0.25) is 14.4 Å². The molecule has 4 aromatic rings. The van der Waals surface area contributed by atoms with Gasteiger partial charge in [-0.05, 0) is 116 Å². The quantitative estimate of drug-likeness (QED) is 0.317. The van der Waals surface area contributed by atoms with E-state index in [0.717, 1.165) is 60.1 Å². The lowest BCUT2D eigenvalue weighted by Gasteiger charge is -2.14. The van der Waals surface area contributed by atoms with Crippen molar-refractivity contribution in [2.24, 2.45) is 0 Å². The summed E-state index contributed by atoms with van der Waals surface area (Å²) < 4.78 is 1.70. The first-order valence-electron chi connectivity index (χ1n) is 14.6. The van der Waals surface area contributed by atoms with Crippen LogP contribution < -0.4 is 16.2 Å². The molecule has 1 aliphatic carbocycles. The first kappa shape index (κ1) is 27.0. The number of benzene rings is 3. The monoisotopic (exact) mass is 548 g/mol. The average molecular weight is 549 g/mol. The van der Waals surface area contributed by atoms with Crippen LogP contribution in [-0.2, 0) is 6.54 Å².